The Morgan fingerprint density at radius 3 is 2.00 bits per heavy atom. The molecule has 0 amide bonds. The average Bonchev–Trinajstić information content (AvgIpc) is 2.70. The van der Waals surface area contributed by atoms with E-state index in [0.717, 1.165) is 12.0 Å². The van der Waals surface area contributed by atoms with E-state index in [1.807, 2.05) is 51.1 Å². The predicted molar refractivity (Wildman–Crippen MR) is 90.8 cm³/mol. The van der Waals surface area contributed by atoms with Crippen LogP contribution in [0.2, 0.25) is 0 Å². The summed E-state index contributed by atoms with van der Waals surface area (Å²) in [6.45, 7) is 12.5. The molecule has 0 N–H and O–H groups in total. The fourth-order valence-electron chi connectivity index (χ4n) is 3.61. The first-order chi connectivity index (χ1) is 10.5. The van der Waals surface area contributed by atoms with E-state index < -0.39 is 11.8 Å². The molecule has 3 nitrogen and oxygen atoms in total. The van der Waals surface area contributed by atoms with Crippen molar-refractivity contribution in [3.63, 3.8) is 0 Å². The van der Waals surface area contributed by atoms with Crippen LogP contribution >= 0.6 is 0 Å². The second-order valence-electron chi connectivity index (χ2n) is 8.89. The zero-order valence-electron chi connectivity index (χ0n) is 15.1. The van der Waals surface area contributed by atoms with Gasteiger partial charge in [-0.1, -0.05) is 71.9 Å². The Hall–Kier alpha value is -1.64. The van der Waals surface area contributed by atoms with E-state index in [0.29, 0.717) is 0 Å². The highest BCUT2D eigenvalue weighted by Gasteiger charge is 2.53. The Balaban J connectivity index is 2.48. The molecule has 1 aliphatic heterocycles. The Bertz CT molecular complexity index is 575. The summed E-state index contributed by atoms with van der Waals surface area (Å²) in [5.41, 5.74) is 0.849. The summed E-state index contributed by atoms with van der Waals surface area (Å²) in [4.78, 5) is 24.8. The number of carbonyl (C=O) groups excluding carboxylic acids is 2. The van der Waals surface area contributed by atoms with Crippen LogP contribution < -0.4 is 0 Å². The molecule has 1 saturated heterocycles. The van der Waals surface area contributed by atoms with Gasteiger partial charge in [0.2, 0.25) is 0 Å². The SMILES string of the molecule is CC(C)(C)CC(c1ccccc1)C1C(=O)OC(=O)C1C(C)(C)C. The largest absolute Gasteiger partial charge is 0.393 e. The minimum absolute atomic E-state index is 0.0145. The van der Waals surface area contributed by atoms with Crippen molar-refractivity contribution < 1.29 is 14.3 Å². The summed E-state index contributed by atoms with van der Waals surface area (Å²) in [5.74, 6) is -1.57. The third-order valence-electron chi connectivity index (χ3n) is 4.51. The molecule has 0 bridgehead atoms. The predicted octanol–water partition coefficient (Wildman–Crippen LogP) is 4.57. The molecule has 1 aromatic carbocycles. The van der Waals surface area contributed by atoms with Gasteiger partial charge in [0.15, 0.2) is 0 Å². The smallest absolute Gasteiger partial charge is 0.318 e. The summed E-state index contributed by atoms with van der Waals surface area (Å²) in [6, 6.07) is 10.0. The highest BCUT2D eigenvalue weighted by atomic mass is 16.6. The summed E-state index contributed by atoms with van der Waals surface area (Å²) in [6.07, 6.45) is 0.830. The Labute approximate surface area is 139 Å². The molecule has 1 aliphatic rings. The van der Waals surface area contributed by atoms with Crippen LogP contribution in [0, 0.1) is 22.7 Å². The molecule has 0 spiro atoms. The molecule has 0 aromatic heterocycles. The first-order valence-electron chi connectivity index (χ1n) is 8.31. The summed E-state index contributed by atoms with van der Waals surface area (Å²) >= 11 is 0. The lowest BCUT2D eigenvalue weighted by molar-refractivity contribution is -0.154. The Morgan fingerprint density at radius 1 is 0.957 bits per heavy atom. The van der Waals surface area contributed by atoms with Crippen molar-refractivity contribution in [3.8, 4) is 0 Å². The molecule has 1 aromatic rings. The Kier molecular flexibility index (Phi) is 4.70. The molecule has 1 fully saturated rings. The molecule has 3 unspecified atom stereocenters. The van der Waals surface area contributed by atoms with Crippen molar-refractivity contribution in [2.24, 2.45) is 22.7 Å². The van der Waals surface area contributed by atoms with E-state index in [1.54, 1.807) is 0 Å². The zero-order valence-corrected chi connectivity index (χ0v) is 15.1. The zero-order chi connectivity index (χ0) is 17.4. The van der Waals surface area contributed by atoms with Gasteiger partial charge in [0, 0.05) is 0 Å². The summed E-state index contributed by atoms with van der Waals surface area (Å²) in [7, 11) is 0. The number of ether oxygens (including phenoxy) is 1. The highest BCUT2D eigenvalue weighted by molar-refractivity contribution is 5.97. The van der Waals surface area contributed by atoms with Crippen molar-refractivity contribution in [3.05, 3.63) is 35.9 Å². The molecule has 0 radical (unpaired) electrons. The minimum Gasteiger partial charge on any atom is -0.393 e. The number of hydrogen-bond donors (Lipinski definition) is 0. The van der Waals surface area contributed by atoms with Gasteiger partial charge in [-0.05, 0) is 28.7 Å². The lowest BCUT2D eigenvalue weighted by Crippen LogP contribution is -2.35. The molecule has 3 atom stereocenters. The van der Waals surface area contributed by atoms with E-state index in [9.17, 15) is 9.59 Å². The fraction of sp³-hybridized carbons (Fsp3) is 0.600. The number of esters is 2. The maximum atomic E-state index is 12.5. The molecule has 0 aliphatic carbocycles. The highest BCUT2D eigenvalue weighted by Crippen LogP contribution is 2.48. The van der Waals surface area contributed by atoms with Gasteiger partial charge in [-0.25, -0.2) is 0 Å². The van der Waals surface area contributed by atoms with Crippen molar-refractivity contribution in [1.82, 2.24) is 0 Å². The van der Waals surface area contributed by atoms with E-state index in [1.165, 1.54) is 0 Å². The van der Waals surface area contributed by atoms with E-state index in [4.69, 9.17) is 4.74 Å². The molecular formula is C20H28O3. The van der Waals surface area contributed by atoms with Crippen LogP contribution in [-0.4, -0.2) is 11.9 Å². The topological polar surface area (TPSA) is 43.4 Å². The summed E-state index contributed by atoms with van der Waals surface area (Å²) in [5, 5.41) is 0. The minimum atomic E-state index is -0.413. The van der Waals surface area contributed by atoms with Crippen molar-refractivity contribution in [2.45, 2.75) is 53.9 Å². The molecule has 1 heterocycles. The normalized spacial score (nSPS) is 23.7. The van der Waals surface area contributed by atoms with Gasteiger partial charge in [-0.15, -0.1) is 0 Å². The van der Waals surface area contributed by atoms with Crippen LogP contribution in [0.3, 0.4) is 0 Å². The van der Waals surface area contributed by atoms with E-state index >= 15 is 0 Å². The van der Waals surface area contributed by atoms with Crippen LogP contribution in [0.5, 0.6) is 0 Å². The maximum absolute atomic E-state index is 12.5. The maximum Gasteiger partial charge on any atom is 0.318 e. The van der Waals surface area contributed by atoms with Crippen LogP contribution in [0.25, 0.3) is 0 Å². The average molecular weight is 316 g/mol. The van der Waals surface area contributed by atoms with Gasteiger partial charge < -0.3 is 4.74 Å². The van der Waals surface area contributed by atoms with Gasteiger partial charge in [0.1, 0.15) is 0 Å². The van der Waals surface area contributed by atoms with E-state index in [-0.39, 0.29) is 28.7 Å². The van der Waals surface area contributed by atoms with Crippen molar-refractivity contribution in [1.29, 1.82) is 0 Å². The fourth-order valence-corrected chi connectivity index (χ4v) is 3.61. The van der Waals surface area contributed by atoms with Crippen LogP contribution in [0.1, 0.15) is 59.4 Å². The molecular weight excluding hydrogens is 288 g/mol. The number of carbonyl (C=O) groups is 2. The Morgan fingerprint density at radius 2 is 1.52 bits per heavy atom. The van der Waals surface area contributed by atoms with Gasteiger partial charge in [0.05, 0.1) is 11.8 Å². The monoisotopic (exact) mass is 316 g/mol. The quantitative estimate of drug-likeness (QED) is 0.606. The third kappa shape index (κ3) is 4.01. The van der Waals surface area contributed by atoms with Crippen LogP contribution in [0.4, 0.5) is 0 Å². The first kappa shape index (κ1) is 17.7. The molecule has 126 valence electrons. The lowest BCUT2D eigenvalue weighted by atomic mass is 9.65. The molecule has 0 saturated carbocycles. The number of benzene rings is 1. The standard InChI is InChI=1S/C20H28O3/c1-19(2,3)12-14(13-10-8-7-9-11-13)15-16(20(4,5)6)18(22)23-17(15)21/h7-11,14-16H,12H2,1-6H3. The van der Waals surface area contributed by atoms with Gasteiger partial charge >= 0.3 is 11.9 Å². The first-order valence-corrected chi connectivity index (χ1v) is 8.31. The number of hydrogen-bond acceptors (Lipinski definition) is 3. The lowest BCUT2D eigenvalue weighted by Gasteiger charge is -2.35. The van der Waals surface area contributed by atoms with Crippen LogP contribution in [0.15, 0.2) is 30.3 Å². The van der Waals surface area contributed by atoms with Crippen molar-refractivity contribution in [2.75, 3.05) is 0 Å². The third-order valence-corrected chi connectivity index (χ3v) is 4.51. The summed E-state index contributed by atoms with van der Waals surface area (Å²) < 4.78 is 5.05. The van der Waals surface area contributed by atoms with Gasteiger partial charge in [0.25, 0.3) is 0 Å². The van der Waals surface area contributed by atoms with Crippen molar-refractivity contribution >= 4 is 11.9 Å². The second kappa shape index (κ2) is 6.10. The van der Waals surface area contributed by atoms with E-state index in [2.05, 4.69) is 20.8 Å². The van der Waals surface area contributed by atoms with Gasteiger partial charge in [-0.2, -0.15) is 0 Å². The van der Waals surface area contributed by atoms with Crippen LogP contribution in [-0.2, 0) is 14.3 Å². The number of cyclic esters (lactones) is 2. The molecule has 23 heavy (non-hydrogen) atoms. The molecule has 3 heteroatoms. The molecule has 2 rings (SSSR count). The second-order valence-corrected chi connectivity index (χ2v) is 8.89. The van der Waals surface area contributed by atoms with Gasteiger partial charge in [-0.3, -0.25) is 9.59 Å². The number of rotatable bonds is 3.